The smallest absolute Gasteiger partial charge is 0.462 e. The van der Waals surface area contributed by atoms with Crippen molar-refractivity contribution in [3.63, 3.8) is 0 Å². The van der Waals surface area contributed by atoms with Crippen molar-refractivity contribution in [3.8, 4) is 0 Å². The van der Waals surface area contributed by atoms with Crippen molar-refractivity contribution in [3.05, 3.63) is 30.3 Å². The third-order valence-electron chi connectivity index (χ3n) is 1.70. The zero-order chi connectivity index (χ0) is 9.10. The Balaban J connectivity index is 2.08. The fourth-order valence-corrected chi connectivity index (χ4v) is 1.09. The van der Waals surface area contributed by atoms with E-state index in [-0.39, 0.29) is 0 Å². The van der Waals surface area contributed by atoms with Crippen molar-refractivity contribution in [2.75, 3.05) is 0 Å². The quantitative estimate of drug-likeness (QED) is 0.510. The summed E-state index contributed by atoms with van der Waals surface area (Å²) in [5.41, 5.74) is 0.914. The predicted octanol–water partition coefficient (Wildman–Crippen LogP) is -0.867. The summed E-state index contributed by atoms with van der Waals surface area (Å²) in [4.78, 5) is 0. The molecular weight excluding hydrogens is 163 g/mol. The summed E-state index contributed by atoms with van der Waals surface area (Å²) in [6, 6.07) is 9.53. The molecule has 1 saturated heterocycles. The minimum atomic E-state index is -0.751. The molecule has 3 nitrogen and oxygen atoms in total. The molecule has 7 heteroatoms. The first-order valence-corrected chi connectivity index (χ1v) is 3.95. The van der Waals surface area contributed by atoms with Gasteiger partial charge in [0, 0.05) is 0 Å². The summed E-state index contributed by atoms with van der Waals surface area (Å²) in [5.74, 6) is 0. The Labute approximate surface area is 79.7 Å². The van der Waals surface area contributed by atoms with Crippen molar-refractivity contribution in [2.45, 2.75) is 0 Å². The maximum atomic E-state index is 5.41. The second-order valence-corrected chi connectivity index (χ2v) is 2.62. The van der Waals surface area contributed by atoms with E-state index in [2.05, 4.69) is 0 Å². The molecule has 1 aliphatic heterocycles. The van der Waals surface area contributed by atoms with Gasteiger partial charge in [0.15, 0.2) is 0 Å². The van der Waals surface area contributed by atoms with Gasteiger partial charge >= 0.3 is 21.8 Å². The molecule has 3 radical (unpaired) electrons. The molecule has 1 aromatic carbocycles. The lowest BCUT2D eigenvalue weighted by molar-refractivity contribution is 0.326. The van der Waals surface area contributed by atoms with E-state index < -0.39 is 14.1 Å². The molecule has 0 unspecified atom stereocenters. The predicted molar refractivity (Wildman–Crippen MR) is 52.3 cm³/mol. The van der Waals surface area contributed by atoms with E-state index in [0.29, 0.717) is 0 Å². The summed E-state index contributed by atoms with van der Waals surface area (Å²) in [7, 11) is 5.39. The first kappa shape index (κ1) is 8.94. The van der Waals surface area contributed by atoms with Gasteiger partial charge in [0.2, 0.25) is 0 Å². The zero-order valence-corrected chi connectivity index (χ0v) is 6.92. The van der Waals surface area contributed by atoms with Crippen molar-refractivity contribution in [1.29, 1.82) is 0 Å². The van der Waals surface area contributed by atoms with Crippen LogP contribution in [0.3, 0.4) is 0 Å². The molecule has 1 heterocycles. The highest BCUT2D eigenvalue weighted by Crippen LogP contribution is 2.00. The van der Waals surface area contributed by atoms with Crippen LogP contribution in [0, 0.1) is 0 Å². The Morgan fingerprint density at radius 2 is 1.92 bits per heavy atom. The van der Waals surface area contributed by atoms with Crippen LogP contribution >= 0.6 is 0 Å². The number of rotatable bonds is 1. The topological polar surface area (TPSA) is 27.7 Å². The fourth-order valence-electron chi connectivity index (χ4n) is 1.09. The summed E-state index contributed by atoms with van der Waals surface area (Å²) in [6.07, 6.45) is 0. The van der Waals surface area contributed by atoms with Gasteiger partial charge in [0.25, 0.3) is 0 Å². The van der Waals surface area contributed by atoms with Crippen molar-refractivity contribution in [1.82, 2.24) is 0 Å². The van der Waals surface area contributed by atoms with Crippen molar-refractivity contribution >= 4 is 35.0 Å². The minimum absolute atomic E-state index is 0.468. The highest BCUT2D eigenvalue weighted by atomic mass is 16.7. The van der Waals surface area contributed by atoms with E-state index in [1.54, 1.807) is 0 Å². The lowest BCUT2D eigenvalue weighted by Crippen LogP contribution is -2.49. The lowest BCUT2D eigenvalue weighted by atomic mass is 9.57. The number of hydrogen-bond donors (Lipinski definition) is 0. The van der Waals surface area contributed by atoms with Gasteiger partial charge in [-0.15, -0.1) is 0 Å². The Bertz CT molecular complexity index is 270. The first-order valence-electron chi connectivity index (χ1n) is 3.95. The summed E-state index contributed by atoms with van der Waals surface area (Å²) in [5, 5.41) is 0. The molecule has 59 valence electrons. The van der Waals surface area contributed by atoms with Crippen LogP contribution in [0.25, 0.3) is 0 Å². The molecule has 1 aromatic rings. The number of hydrogen-bond acceptors (Lipinski definition) is 3. The molecule has 0 atom stereocenters. The Hall–Kier alpha value is -0.640. The first-order chi connectivity index (χ1) is 6.36. The van der Waals surface area contributed by atoms with Crippen LogP contribution in [0.1, 0.15) is 0 Å². The maximum absolute atomic E-state index is 5.41. The van der Waals surface area contributed by atoms with E-state index in [1.807, 2.05) is 30.3 Å². The highest BCUT2D eigenvalue weighted by molar-refractivity contribution is 7.01. The molecule has 0 aromatic heterocycles. The molecule has 0 aliphatic carbocycles. The van der Waals surface area contributed by atoms with Crippen molar-refractivity contribution in [2.24, 2.45) is 0 Å². The van der Waals surface area contributed by atoms with Crippen LogP contribution in [0.2, 0.25) is 0 Å². The van der Waals surface area contributed by atoms with Gasteiger partial charge in [0.1, 0.15) is 7.74 Å². The van der Waals surface area contributed by atoms with Gasteiger partial charge in [-0.25, -0.2) is 0 Å². The van der Waals surface area contributed by atoms with Gasteiger partial charge in [0.05, 0.1) is 0 Å². The normalized spacial score (nSPS) is 16.9. The molecule has 13 heavy (non-hydrogen) atoms. The third kappa shape index (κ3) is 2.18. The molecule has 0 spiro atoms. The largest absolute Gasteiger partial charge is 0.465 e. The zero-order valence-electron chi connectivity index (χ0n) is 6.92. The molecule has 0 amide bonds. The highest BCUT2D eigenvalue weighted by Gasteiger charge is 2.30. The second kappa shape index (κ2) is 4.05. The SMILES string of the molecule is [B]B1O[B]OB(c2ccccc2)O1. The molecule has 1 fully saturated rings. The van der Waals surface area contributed by atoms with E-state index in [0.717, 1.165) is 5.46 Å². The third-order valence-corrected chi connectivity index (χ3v) is 1.70. The summed E-state index contributed by atoms with van der Waals surface area (Å²) in [6.45, 7) is 0. The van der Waals surface area contributed by atoms with E-state index in [9.17, 15) is 0 Å². The van der Waals surface area contributed by atoms with E-state index in [1.165, 1.54) is 7.69 Å². The molecule has 0 bridgehead atoms. The van der Waals surface area contributed by atoms with Crippen LogP contribution in [0.15, 0.2) is 30.3 Å². The average molecular weight is 168 g/mol. The average Bonchev–Trinajstić information content (AvgIpc) is 2.19. The van der Waals surface area contributed by atoms with Gasteiger partial charge in [-0.05, 0) is 5.46 Å². The van der Waals surface area contributed by atoms with Crippen molar-refractivity contribution < 1.29 is 13.7 Å². The standard InChI is InChI=1S/C6H5B4O3/c7-10-12-8-11-9(13-10)6-4-2-1-3-5-6/h1-5H. The monoisotopic (exact) mass is 169 g/mol. The van der Waals surface area contributed by atoms with Gasteiger partial charge in [-0.2, -0.15) is 0 Å². The maximum Gasteiger partial charge on any atom is 0.465 e. The molecule has 0 saturated carbocycles. The van der Waals surface area contributed by atoms with Gasteiger partial charge < -0.3 is 13.7 Å². The molecule has 1 aliphatic rings. The lowest BCUT2D eigenvalue weighted by Gasteiger charge is -2.23. The van der Waals surface area contributed by atoms with Gasteiger partial charge in [-0.3, -0.25) is 0 Å². The van der Waals surface area contributed by atoms with Crippen LogP contribution in [-0.4, -0.2) is 29.5 Å². The Morgan fingerprint density at radius 1 is 1.15 bits per heavy atom. The van der Waals surface area contributed by atoms with Gasteiger partial charge in [-0.1, -0.05) is 30.3 Å². The van der Waals surface area contributed by atoms with Crippen LogP contribution in [-0.2, 0) is 13.7 Å². The molecular formula is C6H5B4O3. The summed E-state index contributed by atoms with van der Waals surface area (Å²) < 4.78 is 15.0. The van der Waals surface area contributed by atoms with E-state index in [4.69, 9.17) is 21.5 Å². The summed E-state index contributed by atoms with van der Waals surface area (Å²) >= 11 is 0. The number of benzene rings is 1. The van der Waals surface area contributed by atoms with Crippen LogP contribution in [0.4, 0.5) is 0 Å². The second-order valence-electron chi connectivity index (χ2n) is 2.62. The van der Waals surface area contributed by atoms with Crippen LogP contribution in [0.5, 0.6) is 0 Å². The molecule has 0 N–H and O–H groups in total. The Kier molecular flexibility index (Phi) is 2.78. The van der Waals surface area contributed by atoms with E-state index >= 15 is 0 Å². The fraction of sp³-hybridized carbons (Fsp3) is 0. The van der Waals surface area contributed by atoms with Crippen LogP contribution < -0.4 is 5.46 Å². The Morgan fingerprint density at radius 3 is 2.62 bits per heavy atom. The minimum Gasteiger partial charge on any atom is -0.462 e. The molecule has 2 rings (SSSR count).